The maximum Gasteiger partial charge on any atom is 0.272 e. The van der Waals surface area contributed by atoms with Crippen molar-refractivity contribution < 1.29 is 9.90 Å². The van der Waals surface area contributed by atoms with E-state index in [1.807, 2.05) is 31.2 Å². The van der Waals surface area contributed by atoms with E-state index in [0.717, 1.165) is 23.9 Å². The van der Waals surface area contributed by atoms with Gasteiger partial charge in [0, 0.05) is 33.2 Å². The number of hydrogen-bond donors (Lipinski definition) is 1. The predicted molar refractivity (Wildman–Crippen MR) is 113 cm³/mol. The SMILES string of the molecule is Cc1cc(C(=O)N2CCn3c(nnc3[C@@H]3C[C@H](O)CN3Cc3ccccc3)C2)n(C)n1. The van der Waals surface area contributed by atoms with Crippen LogP contribution in [0.4, 0.5) is 0 Å². The van der Waals surface area contributed by atoms with E-state index < -0.39 is 0 Å². The van der Waals surface area contributed by atoms with E-state index in [1.165, 1.54) is 5.56 Å². The van der Waals surface area contributed by atoms with Gasteiger partial charge in [0.25, 0.3) is 5.91 Å². The Balaban J connectivity index is 1.35. The van der Waals surface area contributed by atoms with Gasteiger partial charge in [0.15, 0.2) is 11.6 Å². The molecule has 0 unspecified atom stereocenters. The first-order valence-corrected chi connectivity index (χ1v) is 10.7. The number of aliphatic hydroxyl groups excluding tert-OH is 1. The molecule has 2 aliphatic heterocycles. The summed E-state index contributed by atoms with van der Waals surface area (Å²) in [5, 5.41) is 23.6. The number of carbonyl (C=O) groups excluding carboxylic acids is 1. The number of β-amino-alcohol motifs (C(OH)–C–C–N with tert-alkyl or cyclic N) is 1. The van der Waals surface area contributed by atoms with Crippen molar-refractivity contribution in [2.75, 3.05) is 13.1 Å². The lowest BCUT2D eigenvalue weighted by molar-refractivity contribution is 0.0693. The molecule has 1 saturated heterocycles. The molecule has 0 saturated carbocycles. The third-order valence-electron chi connectivity index (χ3n) is 6.20. The molecule has 2 aromatic heterocycles. The number of nitrogens with zero attached hydrogens (tertiary/aromatic N) is 7. The van der Waals surface area contributed by atoms with Gasteiger partial charge in [-0.2, -0.15) is 5.10 Å². The summed E-state index contributed by atoms with van der Waals surface area (Å²) in [6.45, 7) is 4.92. The van der Waals surface area contributed by atoms with Crippen LogP contribution in [-0.2, 0) is 26.7 Å². The van der Waals surface area contributed by atoms with Gasteiger partial charge in [-0.3, -0.25) is 14.4 Å². The first-order valence-electron chi connectivity index (χ1n) is 10.7. The zero-order valence-electron chi connectivity index (χ0n) is 17.8. The van der Waals surface area contributed by atoms with Crippen molar-refractivity contribution in [3.8, 4) is 0 Å². The lowest BCUT2D eigenvalue weighted by atomic mass is 10.1. The van der Waals surface area contributed by atoms with Gasteiger partial charge < -0.3 is 14.6 Å². The van der Waals surface area contributed by atoms with Crippen LogP contribution >= 0.6 is 0 Å². The lowest BCUT2D eigenvalue weighted by Gasteiger charge is -2.30. The Kier molecular flexibility index (Phi) is 5.07. The number of fused-ring (bicyclic) bond motifs is 1. The summed E-state index contributed by atoms with van der Waals surface area (Å²) in [4.78, 5) is 17.0. The summed E-state index contributed by atoms with van der Waals surface area (Å²) in [5.74, 6) is 1.63. The molecule has 9 heteroatoms. The number of carbonyl (C=O) groups is 1. The Labute approximate surface area is 180 Å². The van der Waals surface area contributed by atoms with Crippen LogP contribution in [0.3, 0.4) is 0 Å². The summed E-state index contributed by atoms with van der Waals surface area (Å²) in [6.07, 6.45) is 0.262. The standard InChI is InChI=1S/C22H27N7O2/c1-15-10-19(26(2)25-15)22(31)27-8-9-29-20(14-27)23-24-21(29)18-11-17(30)13-28(18)12-16-6-4-3-5-7-16/h3-7,10,17-18,30H,8-9,11-14H2,1-2H3/t17-,18-/m0/s1. The molecule has 5 rings (SSSR count). The zero-order valence-corrected chi connectivity index (χ0v) is 17.8. The Morgan fingerprint density at radius 1 is 1.19 bits per heavy atom. The van der Waals surface area contributed by atoms with Crippen LogP contribution in [0.2, 0.25) is 0 Å². The van der Waals surface area contributed by atoms with E-state index in [4.69, 9.17) is 0 Å². The smallest absolute Gasteiger partial charge is 0.272 e. The minimum absolute atomic E-state index is 0.0124. The highest BCUT2D eigenvalue weighted by atomic mass is 16.3. The van der Waals surface area contributed by atoms with Gasteiger partial charge in [-0.15, -0.1) is 10.2 Å². The van der Waals surface area contributed by atoms with Crippen molar-refractivity contribution in [2.24, 2.45) is 7.05 Å². The topological polar surface area (TPSA) is 92.3 Å². The molecule has 1 aromatic carbocycles. The van der Waals surface area contributed by atoms with Gasteiger partial charge in [0.05, 0.1) is 24.4 Å². The second kappa shape index (κ2) is 7.90. The first-order chi connectivity index (χ1) is 15.0. The summed E-state index contributed by atoms with van der Waals surface area (Å²) in [7, 11) is 1.79. The van der Waals surface area contributed by atoms with Gasteiger partial charge >= 0.3 is 0 Å². The molecule has 0 spiro atoms. The maximum absolute atomic E-state index is 13.0. The number of hydrogen-bond acceptors (Lipinski definition) is 6. The van der Waals surface area contributed by atoms with Crippen LogP contribution in [0.25, 0.3) is 0 Å². The molecule has 162 valence electrons. The van der Waals surface area contributed by atoms with Gasteiger partial charge in [-0.1, -0.05) is 30.3 Å². The molecule has 4 heterocycles. The van der Waals surface area contributed by atoms with Gasteiger partial charge in [-0.05, 0) is 25.0 Å². The summed E-state index contributed by atoms with van der Waals surface area (Å²) in [5.41, 5.74) is 2.62. The largest absolute Gasteiger partial charge is 0.392 e. The highest BCUT2D eigenvalue weighted by Crippen LogP contribution is 2.33. The highest BCUT2D eigenvalue weighted by Gasteiger charge is 2.37. The fourth-order valence-electron chi connectivity index (χ4n) is 4.71. The average Bonchev–Trinajstić information content (AvgIpc) is 3.43. The summed E-state index contributed by atoms with van der Waals surface area (Å²) < 4.78 is 3.75. The first kappa shape index (κ1) is 19.9. The average molecular weight is 422 g/mol. The molecule has 1 fully saturated rings. The predicted octanol–water partition coefficient (Wildman–Crippen LogP) is 1.28. The van der Waals surface area contributed by atoms with E-state index in [1.54, 1.807) is 16.6 Å². The highest BCUT2D eigenvalue weighted by molar-refractivity contribution is 5.92. The van der Waals surface area contributed by atoms with E-state index in [0.29, 0.717) is 38.3 Å². The van der Waals surface area contributed by atoms with Crippen LogP contribution in [-0.4, -0.2) is 64.6 Å². The van der Waals surface area contributed by atoms with Crippen LogP contribution in [0.15, 0.2) is 36.4 Å². The van der Waals surface area contributed by atoms with Crippen LogP contribution < -0.4 is 0 Å². The minimum atomic E-state index is -0.378. The van der Waals surface area contributed by atoms with Crippen molar-refractivity contribution in [3.05, 3.63) is 65.0 Å². The van der Waals surface area contributed by atoms with Crippen molar-refractivity contribution >= 4 is 5.91 Å². The lowest BCUT2D eigenvalue weighted by Crippen LogP contribution is -2.40. The van der Waals surface area contributed by atoms with Crippen LogP contribution in [0, 0.1) is 6.92 Å². The molecule has 31 heavy (non-hydrogen) atoms. The second-order valence-corrected chi connectivity index (χ2v) is 8.47. The number of likely N-dealkylation sites (tertiary alicyclic amines) is 1. The third kappa shape index (κ3) is 3.75. The van der Waals surface area contributed by atoms with Gasteiger partial charge in [0.1, 0.15) is 5.69 Å². The number of aromatic nitrogens is 5. The molecule has 2 aliphatic rings. The van der Waals surface area contributed by atoms with Crippen LogP contribution in [0.1, 0.15) is 45.9 Å². The Morgan fingerprint density at radius 2 is 2.00 bits per heavy atom. The number of amides is 1. The number of benzene rings is 1. The molecule has 2 atom stereocenters. The van der Waals surface area contributed by atoms with Gasteiger partial charge in [-0.25, -0.2) is 0 Å². The minimum Gasteiger partial charge on any atom is -0.392 e. The molecule has 9 nitrogen and oxygen atoms in total. The third-order valence-corrected chi connectivity index (χ3v) is 6.20. The number of aryl methyl sites for hydroxylation is 2. The fraction of sp³-hybridized carbons (Fsp3) is 0.455. The molecule has 0 bridgehead atoms. The van der Waals surface area contributed by atoms with Gasteiger partial charge in [0.2, 0.25) is 0 Å². The summed E-state index contributed by atoms with van der Waals surface area (Å²) in [6, 6.07) is 12.1. The number of rotatable bonds is 4. The molecule has 1 N–H and O–H groups in total. The number of aliphatic hydroxyl groups is 1. The zero-order chi connectivity index (χ0) is 21.5. The Hall–Kier alpha value is -3.04. The van der Waals surface area contributed by atoms with Crippen molar-refractivity contribution in [3.63, 3.8) is 0 Å². The molecule has 0 aliphatic carbocycles. The molecule has 1 amide bonds. The van der Waals surface area contributed by atoms with Crippen molar-refractivity contribution in [1.82, 2.24) is 34.3 Å². The van der Waals surface area contributed by atoms with Crippen molar-refractivity contribution in [2.45, 2.75) is 45.1 Å². The quantitative estimate of drug-likeness (QED) is 0.682. The van der Waals surface area contributed by atoms with Crippen molar-refractivity contribution in [1.29, 1.82) is 0 Å². The molecular formula is C22H27N7O2. The molecular weight excluding hydrogens is 394 g/mol. The van der Waals surface area contributed by atoms with E-state index in [2.05, 4.69) is 36.9 Å². The summed E-state index contributed by atoms with van der Waals surface area (Å²) >= 11 is 0. The fourth-order valence-corrected chi connectivity index (χ4v) is 4.71. The second-order valence-electron chi connectivity index (χ2n) is 8.47. The van der Waals surface area contributed by atoms with E-state index in [-0.39, 0.29) is 18.1 Å². The molecule has 0 radical (unpaired) electrons. The Morgan fingerprint density at radius 3 is 2.74 bits per heavy atom. The Bertz CT molecular complexity index is 1090. The normalized spacial score (nSPS) is 21.5. The molecule has 3 aromatic rings. The van der Waals surface area contributed by atoms with E-state index >= 15 is 0 Å². The van der Waals surface area contributed by atoms with E-state index in [9.17, 15) is 9.90 Å². The maximum atomic E-state index is 13.0. The monoisotopic (exact) mass is 421 g/mol. The van der Waals surface area contributed by atoms with Crippen LogP contribution in [0.5, 0.6) is 0 Å².